The minimum Gasteiger partial charge on any atom is -0.456 e. The molecule has 2 rings (SSSR count). The fourth-order valence-corrected chi connectivity index (χ4v) is 2.69. The smallest absolute Gasteiger partial charge is 0.339 e. The van der Waals surface area contributed by atoms with Gasteiger partial charge in [0.1, 0.15) is 0 Å². The molecule has 0 aliphatic carbocycles. The quantitative estimate of drug-likeness (QED) is 0.828. The number of thiophene rings is 1. The summed E-state index contributed by atoms with van der Waals surface area (Å²) in [6.07, 6.45) is -1.86. The van der Waals surface area contributed by atoms with Crippen molar-refractivity contribution in [3.63, 3.8) is 0 Å². The van der Waals surface area contributed by atoms with Gasteiger partial charge in [-0.25, -0.2) is 13.6 Å². The molecule has 0 aromatic carbocycles. The van der Waals surface area contributed by atoms with Crippen molar-refractivity contribution >= 4 is 17.3 Å². The SMILES string of the molecule is O=C(OCC(F)F)c1csc2c1CCNC2. The molecule has 0 radical (unpaired) electrons. The highest BCUT2D eigenvalue weighted by molar-refractivity contribution is 7.10. The molecule has 88 valence electrons. The van der Waals surface area contributed by atoms with Crippen LogP contribution in [-0.2, 0) is 17.7 Å². The van der Waals surface area contributed by atoms with E-state index in [9.17, 15) is 13.6 Å². The Morgan fingerprint density at radius 1 is 1.62 bits per heavy atom. The third-order valence-corrected chi connectivity index (χ3v) is 3.41. The van der Waals surface area contributed by atoms with Gasteiger partial charge in [-0.2, -0.15) is 0 Å². The first kappa shape index (κ1) is 11.5. The number of ether oxygens (including phenoxy) is 1. The van der Waals surface area contributed by atoms with E-state index in [4.69, 9.17) is 0 Å². The number of alkyl halides is 2. The molecule has 1 aliphatic rings. The van der Waals surface area contributed by atoms with Crippen LogP contribution in [0, 0.1) is 0 Å². The standard InChI is InChI=1S/C10H11F2NO2S/c11-9(12)4-15-10(14)7-5-16-8-3-13-2-1-6(7)8/h5,9,13H,1-4H2. The van der Waals surface area contributed by atoms with Crippen molar-refractivity contribution in [1.29, 1.82) is 0 Å². The van der Waals surface area contributed by atoms with Crippen molar-refractivity contribution < 1.29 is 18.3 Å². The van der Waals surface area contributed by atoms with Crippen molar-refractivity contribution in [2.45, 2.75) is 19.4 Å². The predicted octanol–water partition coefficient (Wildman–Crippen LogP) is 1.82. The third kappa shape index (κ3) is 2.38. The monoisotopic (exact) mass is 247 g/mol. The summed E-state index contributed by atoms with van der Waals surface area (Å²) in [6.45, 7) is 0.711. The van der Waals surface area contributed by atoms with E-state index in [-0.39, 0.29) is 0 Å². The van der Waals surface area contributed by atoms with Crippen LogP contribution in [-0.4, -0.2) is 25.5 Å². The van der Waals surface area contributed by atoms with Crippen LogP contribution in [0.25, 0.3) is 0 Å². The Hall–Kier alpha value is -1.01. The molecule has 0 spiro atoms. The number of carbonyl (C=O) groups excluding carboxylic acids is 1. The summed E-state index contributed by atoms with van der Waals surface area (Å²) < 4.78 is 28.3. The summed E-state index contributed by atoms with van der Waals surface area (Å²) in [5, 5.41) is 4.87. The van der Waals surface area contributed by atoms with Crippen molar-refractivity contribution in [2.24, 2.45) is 0 Å². The number of carbonyl (C=O) groups is 1. The van der Waals surface area contributed by atoms with Gasteiger partial charge in [0.2, 0.25) is 0 Å². The summed E-state index contributed by atoms with van der Waals surface area (Å²) in [5.74, 6) is -0.639. The zero-order valence-corrected chi connectivity index (χ0v) is 9.28. The van der Waals surface area contributed by atoms with E-state index >= 15 is 0 Å². The normalized spacial score (nSPS) is 14.9. The van der Waals surface area contributed by atoms with E-state index in [1.54, 1.807) is 5.38 Å². The molecule has 0 bridgehead atoms. The number of hydrogen-bond donors (Lipinski definition) is 1. The van der Waals surface area contributed by atoms with Crippen molar-refractivity contribution in [2.75, 3.05) is 13.2 Å². The minimum absolute atomic E-state index is 0.446. The predicted molar refractivity (Wildman–Crippen MR) is 56.0 cm³/mol. The fraction of sp³-hybridized carbons (Fsp3) is 0.500. The Kier molecular flexibility index (Phi) is 3.50. The molecule has 1 aromatic rings. The highest BCUT2D eigenvalue weighted by atomic mass is 32.1. The Morgan fingerprint density at radius 2 is 2.44 bits per heavy atom. The molecule has 0 fully saturated rings. The summed E-state index contributed by atoms with van der Waals surface area (Å²) in [6, 6.07) is 0. The Morgan fingerprint density at radius 3 is 3.19 bits per heavy atom. The van der Waals surface area contributed by atoms with Crippen LogP contribution >= 0.6 is 11.3 Å². The van der Waals surface area contributed by atoms with Crippen LogP contribution in [0.4, 0.5) is 8.78 Å². The molecule has 1 aromatic heterocycles. The van der Waals surface area contributed by atoms with Crippen LogP contribution in [0.3, 0.4) is 0 Å². The van der Waals surface area contributed by atoms with Gasteiger partial charge >= 0.3 is 5.97 Å². The average Bonchev–Trinajstić information content (AvgIpc) is 2.69. The van der Waals surface area contributed by atoms with Gasteiger partial charge in [0.25, 0.3) is 6.43 Å². The molecule has 0 saturated carbocycles. The number of fused-ring (bicyclic) bond motifs is 1. The number of halogens is 2. The van der Waals surface area contributed by atoms with Gasteiger partial charge in [-0.15, -0.1) is 11.3 Å². The zero-order chi connectivity index (χ0) is 11.5. The van der Waals surface area contributed by atoms with E-state index in [0.29, 0.717) is 5.56 Å². The first-order valence-corrected chi connectivity index (χ1v) is 5.81. The second-order valence-corrected chi connectivity index (χ2v) is 4.43. The topological polar surface area (TPSA) is 38.3 Å². The highest BCUT2D eigenvalue weighted by Crippen LogP contribution is 2.26. The van der Waals surface area contributed by atoms with E-state index in [2.05, 4.69) is 10.1 Å². The van der Waals surface area contributed by atoms with E-state index < -0.39 is 19.0 Å². The fourth-order valence-electron chi connectivity index (χ4n) is 1.65. The third-order valence-electron chi connectivity index (χ3n) is 2.38. The number of esters is 1. The van der Waals surface area contributed by atoms with E-state index in [1.807, 2.05) is 0 Å². The Labute approximate surface area is 95.4 Å². The van der Waals surface area contributed by atoms with Crippen molar-refractivity contribution in [3.05, 3.63) is 21.4 Å². The largest absolute Gasteiger partial charge is 0.456 e. The number of nitrogens with one attached hydrogen (secondary N) is 1. The Balaban J connectivity index is 2.08. The maximum Gasteiger partial charge on any atom is 0.339 e. The van der Waals surface area contributed by atoms with Gasteiger partial charge in [0, 0.05) is 16.8 Å². The molecule has 0 unspecified atom stereocenters. The summed E-state index contributed by atoms with van der Waals surface area (Å²) in [4.78, 5) is 12.6. The molecule has 6 heteroatoms. The van der Waals surface area contributed by atoms with Crippen LogP contribution in [0.1, 0.15) is 20.8 Å². The summed E-state index contributed by atoms with van der Waals surface area (Å²) in [5.41, 5.74) is 1.39. The second kappa shape index (κ2) is 4.88. The Bertz CT molecular complexity index is 392. The molecule has 0 atom stereocenters. The number of rotatable bonds is 3. The van der Waals surface area contributed by atoms with Crippen LogP contribution < -0.4 is 5.32 Å². The lowest BCUT2D eigenvalue weighted by Gasteiger charge is -2.13. The molecule has 2 heterocycles. The average molecular weight is 247 g/mol. The van der Waals surface area contributed by atoms with Gasteiger partial charge in [0.05, 0.1) is 5.56 Å². The lowest BCUT2D eigenvalue weighted by atomic mass is 10.1. The van der Waals surface area contributed by atoms with E-state index in [1.165, 1.54) is 11.3 Å². The van der Waals surface area contributed by atoms with Gasteiger partial charge in [-0.1, -0.05) is 0 Å². The first-order chi connectivity index (χ1) is 7.68. The van der Waals surface area contributed by atoms with Crippen LogP contribution in [0.5, 0.6) is 0 Å². The van der Waals surface area contributed by atoms with Crippen molar-refractivity contribution in [3.8, 4) is 0 Å². The lowest BCUT2D eigenvalue weighted by molar-refractivity contribution is 0.0159. The van der Waals surface area contributed by atoms with Crippen LogP contribution in [0.15, 0.2) is 5.38 Å². The highest BCUT2D eigenvalue weighted by Gasteiger charge is 2.21. The second-order valence-electron chi connectivity index (χ2n) is 3.47. The number of hydrogen-bond acceptors (Lipinski definition) is 4. The maximum atomic E-state index is 11.9. The first-order valence-electron chi connectivity index (χ1n) is 4.93. The molecule has 16 heavy (non-hydrogen) atoms. The molecule has 0 saturated heterocycles. The summed E-state index contributed by atoms with van der Waals surface area (Å²) in [7, 11) is 0. The van der Waals surface area contributed by atoms with Crippen LogP contribution in [0.2, 0.25) is 0 Å². The zero-order valence-electron chi connectivity index (χ0n) is 8.46. The maximum absolute atomic E-state index is 11.9. The molecule has 3 nitrogen and oxygen atoms in total. The van der Waals surface area contributed by atoms with Crippen molar-refractivity contribution in [1.82, 2.24) is 5.32 Å². The van der Waals surface area contributed by atoms with Gasteiger partial charge < -0.3 is 10.1 Å². The van der Waals surface area contributed by atoms with Gasteiger partial charge in [0.15, 0.2) is 6.61 Å². The summed E-state index contributed by atoms with van der Waals surface area (Å²) >= 11 is 1.46. The lowest BCUT2D eigenvalue weighted by Crippen LogP contribution is -2.23. The molecule has 0 amide bonds. The van der Waals surface area contributed by atoms with Gasteiger partial charge in [-0.3, -0.25) is 0 Å². The molecule has 1 aliphatic heterocycles. The minimum atomic E-state index is -2.61. The molecular formula is C10H11F2NO2S. The van der Waals surface area contributed by atoms with Gasteiger partial charge in [-0.05, 0) is 18.5 Å². The molecular weight excluding hydrogens is 236 g/mol. The van der Waals surface area contributed by atoms with E-state index in [0.717, 1.165) is 30.0 Å². The molecule has 1 N–H and O–H groups in total.